The number of hydrogen-bond acceptors (Lipinski definition) is 0. The summed E-state index contributed by atoms with van der Waals surface area (Å²) in [5, 5.41) is 0. The van der Waals surface area contributed by atoms with Crippen LogP contribution in [0.25, 0.3) is 0 Å². The van der Waals surface area contributed by atoms with Crippen molar-refractivity contribution in [2.24, 2.45) is 0 Å². The molecular weight excluding hydrogens is 415 g/mol. The average molecular weight is 415 g/mol. The first-order chi connectivity index (χ1) is 1.73. The second kappa shape index (κ2) is 7.32. The Morgan fingerprint density at radius 3 is 1.00 bits per heavy atom. The number of halogens is 3. The second-order valence-electron chi connectivity index (χ2n) is 0.247. The molecule has 0 aromatic heterocycles. The minimum absolute atomic E-state index is 0. The van der Waals surface area contributed by atoms with Crippen LogP contribution in [-0.4, -0.2) is 23.2 Å². The van der Waals surface area contributed by atoms with Gasteiger partial charge in [0, 0.05) is 18.9 Å². The van der Waals surface area contributed by atoms with E-state index in [4.69, 9.17) is 0 Å². The van der Waals surface area contributed by atoms with Gasteiger partial charge in [0.1, 0.15) is 0 Å². The van der Waals surface area contributed by atoms with Crippen molar-refractivity contribution in [1.82, 2.24) is 0 Å². The molecule has 0 aliphatic heterocycles. The van der Waals surface area contributed by atoms with Crippen molar-refractivity contribution in [3.05, 3.63) is 0 Å². The Labute approximate surface area is 81.8 Å². The summed E-state index contributed by atoms with van der Waals surface area (Å²) in [6, 6.07) is 0. The molecule has 0 unspecified atom stereocenters. The van der Waals surface area contributed by atoms with Gasteiger partial charge in [0.05, 0.1) is 0 Å². The van der Waals surface area contributed by atoms with Crippen LogP contribution in [0.15, 0.2) is 0 Å². The van der Waals surface area contributed by atoms with Crippen molar-refractivity contribution in [1.29, 1.82) is 0 Å². The average Bonchev–Trinajstić information content (AvgIpc) is 0.811. The van der Waals surface area contributed by atoms with E-state index in [2.05, 4.69) is 60.8 Å². The molecule has 0 spiro atoms. The third-order valence-corrected chi connectivity index (χ3v) is 0. The van der Waals surface area contributed by atoms with Crippen LogP contribution < -0.4 is 0 Å². The van der Waals surface area contributed by atoms with Crippen LogP contribution in [0, 0.1) is 0 Å². The van der Waals surface area contributed by atoms with Gasteiger partial charge in [-0.2, -0.15) is 60.8 Å². The van der Waals surface area contributed by atoms with Crippen molar-refractivity contribution in [2.75, 3.05) is 0 Å². The molecular formula is AlI3Li. The Morgan fingerprint density at radius 1 is 1.00 bits per heavy atom. The van der Waals surface area contributed by atoms with Gasteiger partial charge in [0.25, 0.3) is 0 Å². The molecule has 0 nitrogen and oxygen atoms in total. The Morgan fingerprint density at radius 2 is 1.00 bits per heavy atom. The summed E-state index contributed by atoms with van der Waals surface area (Å²) in [5.41, 5.74) is 0. The molecule has 25 valence electrons. The topological polar surface area (TPSA) is 0 Å². The minimum atomic E-state index is -0.229. The molecule has 0 atom stereocenters. The van der Waals surface area contributed by atoms with Crippen LogP contribution in [0.2, 0.25) is 0 Å². The summed E-state index contributed by atoms with van der Waals surface area (Å²) < 4.78 is -0.229. The summed E-state index contributed by atoms with van der Waals surface area (Å²) >= 11 is 7.37. The standard InChI is InChI=1S/Al.3HI.Li/h;3*1H;/q+3;;;;/p-3. The van der Waals surface area contributed by atoms with Crippen molar-refractivity contribution >= 4 is 84.0 Å². The summed E-state index contributed by atoms with van der Waals surface area (Å²) in [5.74, 6) is 0. The molecule has 0 rings (SSSR count). The zero-order valence-electron chi connectivity index (χ0n) is 2.71. The largest absolute Gasteiger partial charge is 0.524 e. The molecule has 0 bridgehead atoms. The van der Waals surface area contributed by atoms with E-state index in [1.54, 1.807) is 0 Å². The van der Waals surface area contributed by atoms with E-state index in [1.165, 1.54) is 0 Å². The Bertz CT molecular complexity index is 11.6. The maximum Gasteiger partial charge on any atom is 0.524 e. The zero-order chi connectivity index (χ0) is 3.58. The molecule has 0 aliphatic rings. The van der Waals surface area contributed by atoms with Gasteiger partial charge < -0.3 is 0 Å². The fourth-order valence-corrected chi connectivity index (χ4v) is 0. The van der Waals surface area contributed by atoms with Crippen LogP contribution in [0.4, 0.5) is 0 Å². The van der Waals surface area contributed by atoms with Crippen molar-refractivity contribution < 1.29 is 0 Å². The monoisotopic (exact) mass is 415 g/mol. The van der Waals surface area contributed by atoms with E-state index in [0.717, 1.165) is 0 Å². The summed E-state index contributed by atoms with van der Waals surface area (Å²) in [7, 11) is 0. The van der Waals surface area contributed by atoms with E-state index < -0.39 is 0 Å². The van der Waals surface area contributed by atoms with Crippen molar-refractivity contribution in [3.8, 4) is 0 Å². The summed E-state index contributed by atoms with van der Waals surface area (Å²) in [4.78, 5) is 0. The van der Waals surface area contributed by atoms with E-state index in [0.29, 0.717) is 0 Å². The van der Waals surface area contributed by atoms with Gasteiger partial charge in [-0.25, -0.2) is 0 Å². The minimum Gasteiger partial charge on any atom is -0.175 e. The first-order valence-corrected chi connectivity index (χ1v) is 13.2. The molecule has 0 aromatic carbocycles. The van der Waals surface area contributed by atoms with Crippen LogP contribution in [-0.2, 0) is 0 Å². The predicted octanol–water partition coefficient (Wildman–Crippen LogP) is 1.90. The van der Waals surface area contributed by atoms with Gasteiger partial charge in [-0.1, -0.05) is 0 Å². The Hall–Kier alpha value is 3.32. The molecule has 0 saturated carbocycles. The normalized spacial score (nSPS) is 5.40. The fraction of sp³-hybridized carbons (Fsp3) is 0. The van der Waals surface area contributed by atoms with Gasteiger partial charge in [0.15, 0.2) is 0 Å². The molecule has 0 N–H and O–H groups in total. The van der Waals surface area contributed by atoms with Crippen LogP contribution >= 0.6 is 60.8 Å². The molecule has 0 aliphatic carbocycles. The van der Waals surface area contributed by atoms with Gasteiger partial charge in [-0.05, 0) is 0 Å². The van der Waals surface area contributed by atoms with Crippen LogP contribution in [0.1, 0.15) is 0 Å². The van der Waals surface area contributed by atoms with Crippen LogP contribution in [0.3, 0.4) is 0 Å². The van der Waals surface area contributed by atoms with Crippen LogP contribution in [0.5, 0.6) is 0 Å². The Balaban J connectivity index is 0. The van der Waals surface area contributed by atoms with Crippen molar-refractivity contribution in [3.63, 3.8) is 0 Å². The number of hydrogen-bond donors (Lipinski definition) is 0. The van der Waals surface area contributed by atoms with E-state index in [1.807, 2.05) is 0 Å². The van der Waals surface area contributed by atoms with Gasteiger partial charge in [-0.3, -0.25) is 0 Å². The smallest absolute Gasteiger partial charge is 0.175 e. The second-order valence-corrected chi connectivity index (χ2v) is 33.4. The molecule has 0 saturated heterocycles. The van der Waals surface area contributed by atoms with Gasteiger partial charge >= 0.3 is 4.30 Å². The SMILES string of the molecule is [I][Al]([I])[I].[Li]. The summed E-state index contributed by atoms with van der Waals surface area (Å²) in [6.45, 7) is 0. The zero-order valence-corrected chi connectivity index (χ0v) is 10.3. The molecule has 1 radical (unpaired) electrons. The van der Waals surface area contributed by atoms with Gasteiger partial charge in [0.2, 0.25) is 0 Å². The molecule has 5 heteroatoms. The molecule has 0 aromatic rings. The summed E-state index contributed by atoms with van der Waals surface area (Å²) in [6.07, 6.45) is 0. The molecule has 5 heavy (non-hydrogen) atoms. The quantitative estimate of drug-likeness (QED) is 0.420. The maximum absolute atomic E-state index is 2.46. The van der Waals surface area contributed by atoms with Gasteiger partial charge in [-0.15, -0.1) is 0 Å². The fourth-order valence-electron chi connectivity index (χ4n) is 0. The Kier molecular flexibility index (Phi) is 16.3. The van der Waals surface area contributed by atoms with Crippen molar-refractivity contribution in [2.45, 2.75) is 0 Å². The number of rotatable bonds is 0. The molecule has 0 amide bonds. The van der Waals surface area contributed by atoms with E-state index in [-0.39, 0.29) is 23.2 Å². The third kappa shape index (κ3) is 18.8. The van der Waals surface area contributed by atoms with E-state index >= 15 is 0 Å². The first kappa shape index (κ1) is 11.2. The third-order valence-electron chi connectivity index (χ3n) is 0. The predicted molar refractivity (Wildman–Crippen MR) is 53.6 cm³/mol. The van der Waals surface area contributed by atoms with E-state index in [9.17, 15) is 0 Å². The maximum atomic E-state index is 2.46. The first-order valence-electron chi connectivity index (χ1n) is 0.655. The molecule has 0 heterocycles. The molecule has 0 fully saturated rings.